The van der Waals surface area contributed by atoms with Crippen molar-refractivity contribution in [3.05, 3.63) is 122 Å². The van der Waals surface area contributed by atoms with Crippen LogP contribution in [0.1, 0.15) is 54.4 Å². The van der Waals surface area contributed by atoms with Crippen molar-refractivity contribution in [1.82, 2.24) is 9.13 Å². The van der Waals surface area contributed by atoms with Crippen molar-refractivity contribution in [3.8, 4) is 0 Å². The minimum atomic E-state index is -0.900. The van der Waals surface area contributed by atoms with Gasteiger partial charge in [-0.2, -0.15) is 0 Å². The van der Waals surface area contributed by atoms with Crippen molar-refractivity contribution in [3.63, 3.8) is 0 Å². The summed E-state index contributed by atoms with van der Waals surface area (Å²) in [4.78, 5) is 33.9. The average molecular weight is 501 g/mol. The first kappa shape index (κ1) is 27.0. The smallest absolute Gasteiger partial charge is 0.337 e. The lowest BCUT2D eigenvalue weighted by Gasteiger charge is -2.11. The molecule has 0 fully saturated rings. The predicted molar refractivity (Wildman–Crippen MR) is 145 cm³/mol. The summed E-state index contributed by atoms with van der Waals surface area (Å²) in [5.41, 5.74) is 17.9. The lowest BCUT2D eigenvalue weighted by Crippen LogP contribution is -2.18. The number of benzene rings is 2. The Labute approximate surface area is 215 Å². The number of amides is 1. The fraction of sp³-hybridized carbons (Fsp3) is 0.207. The highest BCUT2D eigenvalue weighted by molar-refractivity contribution is 5.95. The van der Waals surface area contributed by atoms with E-state index < -0.39 is 11.9 Å². The second-order valence-corrected chi connectivity index (χ2v) is 8.98. The zero-order valence-electron chi connectivity index (χ0n) is 21.5. The van der Waals surface area contributed by atoms with E-state index >= 15 is 0 Å². The number of hydrogen-bond donors (Lipinski definition) is 3. The molecule has 5 N–H and O–H groups in total. The highest BCUT2D eigenvalue weighted by Crippen LogP contribution is 2.19. The SMILES string of the molecule is Cc1c(N)ccc(C(N)=O)c1C.Cc1cc(C(=O)O)c(C)n1Cc1ccc(Cn2ccccc2=O)cc1. The van der Waals surface area contributed by atoms with Crippen LogP contribution in [0.2, 0.25) is 0 Å². The number of carboxylic acid groups (broad SMARTS) is 1. The second kappa shape index (κ2) is 11.4. The Hall–Kier alpha value is -4.59. The van der Waals surface area contributed by atoms with E-state index in [0.29, 0.717) is 29.9 Å². The van der Waals surface area contributed by atoms with Crippen LogP contribution in [0.3, 0.4) is 0 Å². The Morgan fingerprint density at radius 2 is 1.46 bits per heavy atom. The summed E-state index contributed by atoms with van der Waals surface area (Å²) in [5, 5.41) is 9.23. The van der Waals surface area contributed by atoms with Gasteiger partial charge in [0, 0.05) is 41.4 Å². The van der Waals surface area contributed by atoms with Gasteiger partial charge in [-0.15, -0.1) is 0 Å². The molecule has 0 spiro atoms. The number of pyridine rings is 1. The molecule has 4 rings (SSSR count). The molecule has 1 amide bonds. The number of primary amides is 1. The van der Waals surface area contributed by atoms with Gasteiger partial charge >= 0.3 is 5.97 Å². The first-order chi connectivity index (χ1) is 17.5. The Morgan fingerprint density at radius 1 is 0.838 bits per heavy atom. The first-order valence-corrected chi connectivity index (χ1v) is 11.8. The van der Waals surface area contributed by atoms with Crippen LogP contribution >= 0.6 is 0 Å². The number of nitrogens with two attached hydrogens (primary N) is 2. The molecule has 8 heteroatoms. The van der Waals surface area contributed by atoms with E-state index in [1.807, 2.05) is 62.6 Å². The van der Waals surface area contributed by atoms with Crippen molar-refractivity contribution in [1.29, 1.82) is 0 Å². The summed E-state index contributed by atoms with van der Waals surface area (Å²) in [6, 6.07) is 18.2. The monoisotopic (exact) mass is 500 g/mol. The molecular formula is C29H32N4O4. The third-order valence-electron chi connectivity index (χ3n) is 6.51. The number of carbonyl (C=O) groups is 2. The lowest BCUT2D eigenvalue weighted by atomic mass is 10.0. The zero-order chi connectivity index (χ0) is 27.3. The molecular weight excluding hydrogens is 468 g/mol. The van der Waals surface area contributed by atoms with Gasteiger partial charge in [-0.25, -0.2) is 4.79 Å². The number of carboxylic acids is 1. The summed E-state index contributed by atoms with van der Waals surface area (Å²) in [6.07, 6.45) is 1.77. The Morgan fingerprint density at radius 3 is 2.00 bits per heavy atom. The van der Waals surface area contributed by atoms with Gasteiger partial charge in [0.15, 0.2) is 0 Å². The van der Waals surface area contributed by atoms with E-state index in [-0.39, 0.29) is 5.56 Å². The van der Waals surface area contributed by atoms with Crippen LogP contribution in [0.4, 0.5) is 5.69 Å². The number of nitrogen functional groups attached to an aromatic ring is 1. The molecule has 0 aliphatic carbocycles. The fourth-order valence-electron chi connectivity index (χ4n) is 4.09. The predicted octanol–water partition coefficient (Wildman–Crippen LogP) is 4.05. The van der Waals surface area contributed by atoms with E-state index in [2.05, 4.69) is 0 Å². The maximum Gasteiger partial charge on any atom is 0.337 e. The molecule has 0 saturated carbocycles. The molecule has 0 saturated heterocycles. The first-order valence-electron chi connectivity index (χ1n) is 11.8. The number of aromatic nitrogens is 2. The largest absolute Gasteiger partial charge is 0.478 e. The van der Waals surface area contributed by atoms with Gasteiger partial charge < -0.3 is 25.7 Å². The van der Waals surface area contributed by atoms with E-state index in [9.17, 15) is 19.5 Å². The van der Waals surface area contributed by atoms with Gasteiger partial charge in [0.25, 0.3) is 5.56 Å². The molecule has 0 radical (unpaired) electrons. The second-order valence-electron chi connectivity index (χ2n) is 8.98. The molecule has 4 aromatic rings. The van der Waals surface area contributed by atoms with Crippen molar-refractivity contribution >= 4 is 17.6 Å². The van der Waals surface area contributed by atoms with Crippen molar-refractivity contribution in [2.45, 2.75) is 40.8 Å². The van der Waals surface area contributed by atoms with Crippen LogP contribution in [-0.2, 0) is 13.1 Å². The van der Waals surface area contributed by atoms with E-state index in [0.717, 1.165) is 33.6 Å². The van der Waals surface area contributed by atoms with Gasteiger partial charge in [0.2, 0.25) is 5.91 Å². The normalized spacial score (nSPS) is 10.5. The zero-order valence-corrected chi connectivity index (χ0v) is 21.5. The molecule has 8 nitrogen and oxygen atoms in total. The van der Waals surface area contributed by atoms with Crippen molar-refractivity contribution < 1.29 is 14.7 Å². The number of hydrogen-bond acceptors (Lipinski definition) is 4. The molecule has 2 aromatic heterocycles. The topological polar surface area (TPSA) is 133 Å². The van der Waals surface area contributed by atoms with Crippen molar-refractivity contribution in [2.24, 2.45) is 5.73 Å². The van der Waals surface area contributed by atoms with Gasteiger partial charge in [-0.05, 0) is 74.2 Å². The molecule has 0 aliphatic heterocycles. The lowest BCUT2D eigenvalue weighted by molar-refractivity contribution is 0.0695. The molecule has 37 heavy (non-hydrogen) atoms. The third-order valence-corrected chi connectivity index (χ3v) is 6.51. The average Bonchev–Trinajstić information content (AvgIpc) is 3.14. The highest BCUT2D eigenvalue weighted by atomic mass is 16.4. The molecule has 2 heterocycles. The maximum atomic E-state index is 11.8. The summed E-state index contributed by atoms with van der Waals surface area (Å²) >= 11 is 0. The summed E-state index contributed by atoms with van der Waals surface area (Å²) < 4.78 is 3.66. The summed E-state index contributed by atoms with van der Waals surface area (Å²) in [5.74, 6) is -1.31. The minimum Gasteiger partial charge on any atom is -0.478 e. The van der Waals surface area contributed by atoms with Crippen LogP contribution in [0.5, 0.6) is 0 Å². The molecule has 0 aliphatic rings. The molecule has 192 valence electrons. The molecule has 0 atom stereocenters. The fourth-order valence-corrected chi connectivity index (χ4v) is 4.09. The molecule has 2 aromatic carbocycles. The van der Waals surface area contributed by atoms with E-state index in [1.165, 1.54) is 0 Å². The van der Waals surface area contributed by atoms with Gasteiger partial charge in [-0.1, -0.05) is 30.3 Å². The minimum absolute atomic E-state index is 0.0219. The van der Waals surface area contributed by atoms with Crippen LogP contribution in [0.15, 0.2) is 71.7 Å². The van der Waals surface area contributed by atoms with Crippen LogP contribution in [0, 0.1) is 27.7 Å². The van der Waals surface area contributed by atoms with Crippen LogP contribution in [0.25, 0.3) is 0 Å². The highest BCUT2D eigenvalue weighted by Gasteiger charge is 2.14. The van der Waals surface area contributed by atoms with Crippen molar-refractivity contribution in [2.75, 3.05) is 5.73 Å². The number of rotatable bonds is 6. The Bertz CT molecular complexity index is 1500. The molecule has 0 bridgehead atoms. The number of nitrogens with zero attached hydrogens (tertiary/aromatic N) is 2. The quantitative estimate of drug-likeness (QED) is 0.344. The van der Waals surface area contributed by atoms with Crippen LogP contribution < -0.4 is 17.0 Å². The number of anilines is 1. The van der Waals surface area contributed by atoms with Gasteiger partial charge in [0.05, 0.1) is 12.1 Å². The Kier molecular flexibility index (Phi) is 8.34. The number of carbonyl (C=O) groups excluding carboxylic acids is 1. The number of aromatic carboxylic acids is 1. The maximum absolute atomic E-state index is 11.8. The number of aryl methyl sites for hydroxylation is 1. The van der Waals surface area contributed by atoms with Crippen LogP contribution in [-0.4, -0.2) is 26.1 Å². The van der Waals surface area contributed by atoms with Gasteiger partial charge in [-0.3, -0.25) is 9.59 Å². The summed E-state index contributed by atoms with van der Waals surface area (Å²) in [6.45, 7) is 8.60. The van der Waals surface area contributed by atoms with E-state index in [4.69, 9.17) is 11.5 Å². The van der Waals surface area contributed by atoms with Gasteiger partial charge in [0.1, 0.15) is 0 Å². The Balaban J connectivity index is 0.000000266. The standard InChI is InChI=1S/C20H20N2O3.C9H12N2O/c1-14-11-18(20(24)25)15(2)22(14)13-17-8-6-16(7-9-17)12-21-10-4-3-5-19(21)23;1-5-6(2)8(10)4-3-7(5)9(11)12/h3-11H,12-13H2,1-2H3,(H,24,25);3-4H,10H2,1-2H3,(H2,11,12). The third kappa shape index (κ3) is 6.35. The molecule has 0 unspecified atom stereocenters. The van der Waals surface area contributed by atoms with E-state index in [1.54, 1.807) is 41.1 Å². The summed E-state index contributed by atoms with van der Waals surface area (Å²) in [7, 11) is 0.